The van der Waals surface area contributed by atoms with Gasteiger partial charge in [0.05, 0.1) is 18.2 Å². The Labute approximate surface area is 144 Å². The van der Waals surface area contributed by atoms with Gasteiger partial charge in [-0.15, -0.1) is 0 Å². The Morgan fingerprint density at radius 3 is 2.60 bits per heavy atom. The predicted octanol–water partition coefficient (Wildman–Crippen LogP) is 2.67. The van der Waals surface area contributed by atoms with Crippen molar-refractivity contribution in [3.63, 3.8) is 0 Å². The van der Waals surface area contributed by atoms with E-state index < -0.39 is 11.8 Å². The Balaban J connectivity index is 2.06. The average Bonchev–Trinajstić information content (AvgIpc) is 2.85. The van der Waals surface area contributed by atoms with E-state index in [0.717, 1.165) is 5.69 Å². The fraction of sp³-hybridized carbons (Fsp3) is 0.211. The largest absolute Gasteiger partial charge is 0.507 e. The van der Waals surface area contributed by atoms with Crippen molar-refractivity contribution in [2.75, 3.05) is 7.11 Å². The maximum Gasteiger partial charge on any atom is 0.339 e. The van der Waals surface area contributed by atoms with E-state index >= 15 is 0 Å². The number of ketones is 2. The topological polar surface area (TPSA) is 96.5 Å². The first-order chi connectivity index (χ1) is 11.8. The summed E-state index contributed by atoms with van der Waals surface area (Å²) in [5.41, 5.74) is 2.75. The molecule has 25 heavy (non-hydrogen) atoms. The second kappa shape index (κ2) is 6.05. The summed E-state index contributed by atoms with van der Waals surface area (Å²) in [4.78, 5) is 40.2. The van der Waals surface area contributed by atoms with Crippen molar-refractivity contribution in [3.8, 4) is 5.75 Å². The molecule has 0 saturated carbocycles. The lowest BCUT2D eigenvalue weighted by Crippen LogP contribution is -2.19. The molecule has 0 fully saturated rings. The van der Waals surface area contributed by atoms with Crippen LogP contribution in [0.3, 0.4) is 0 Å². The highest BCUT2D eigenvalue weighted by Gasteiger charge is 2.30. The molecule has 0 amide bonds. The van der Waals surface area contributed by atoms with Crippen LogP contribution in [0.2, 0.25) is 0 Å². The number of methoxy groups -OCH3 is 1. The molecule has 2 N–H and O–H groups in total. The standard InChI is InChI=1S/C19H17NO5/c1-9-13(16(10(2)20-9)19(24)25-3)7-11-8-15(22)12-5-4-6-14(21)17(12)18(11)23/h4-6,8,20-21H,7H2,1-3H3. The number of ether oxygens (including phenoxy) is 1. The summed E-state index contributed by atoms with van der Waals surface area (Å²) >= 11 is 0. The maximum absolute atomic E-state index is 12.7. The number of carbonyl (C=O) groups is 3. The van der Waals surface area contributed by atoms with E-state index in [4.69, 9.17) is 4.74 Å². The molecule has 0 spiro atoms. The third-order valence-electron chi connectivity index (χ3n) is 4.39. The monoisotopic (exact) mass is 339 g/mol. The number of carbonyl (C=O) groups excluding carboxylic acids is 3. The Kier molecular flexibility index (Phi) is 4.04. The number of aryl methyl sites for hydroxylation is 2. The number of benzene rings is 1. The molecule has 1 heterocycles. The van der Waals surface area contributed by atoms with E-state index in [-0.39, 0.29) is 34.7 Å². The highest BCUT2D eigenvalue weighted by atomic mass is 16.5. The van der Waals surface area contributed by atoms with E-state index in [2.05, 4.69) is 4.98 Å². The quantitative estimate of drug-likeness (QED) is 0.838. The highest BCUT2D eigenvalue weighted by Crippen LogP contribution is 2.31. The number of Topliss-reactive ketones (excluding diaryl/α,β-unsaturated/α-hetero) is 1. The van der Waals surface area contributed by atoms with Gasteiger partial charge in [-0.25, -0.2) is 4.79 Å². The maximum atomic E-state index is 12.7. The second-order valence-electron chi connectivity index (χ2n) is 5.96. The number of hydrogen-bond acceptors (Lipinski definition) is 5. The van der Waals surface area contributed by atoms with E-state index in [1.807, 2.05) is 0 Å². The number of aromatic hydroxyl groups is 1. The first-order valence-electron chi connectivity index (χ1n) is 7.73. The Morgan fingerprint density at radius 1 is 1.20 bits per heavy atom. The van der Waals surface area contributed by atoms with Crippen LogP contribution in [0.5, 0.6) is 5.75 Å². The van der Waals surface area contributed by atoms with Crippen molar-refractivity contribution in [2.45, 2.75) is 20.3 Å². The Morgan fingerprint density at radius 2 is 1.92 bits per heavy atom. The van der Waals surface area contributed by atoms with Crippen LogP contribution < -0.4 is 0 Å². The summed E-state index contributed by atoms with van der Waals surface area (Å²) in [6, 6.07) is 4.40. The molecular formula is C19H17NO5. The van der Waals surface area contributed by atoms with Gasteiger partial charge in [-0.05, 0) is 31.6 Å². The molecule has 0 radical (unpaired) electrons. The van der Waals surface area contributed by atoms with Gasteiger partial charge in [0.25, 0.3) is 0 Å². The Hall–Kier alpha value is -3.15. The second-order valence-corrected chi connectivity index (χ2v) is 5.96. The fourth-order valence-electron chi connectivity index (χ4n) is 3.20. The van der Waals surface area contributed by atoms with Gasteiger partial charge in [-0.2, -0.15) is 0 Å². The van der Waals surface area contributed by atoms with Crippen LogP contribution in [0, 0.1) is 13.8 Å². The number of fused-ring (bicyclic) bond motifs is 1. The predicted molar refractivity (Wildman–Crippen MR) is 90.2 cm³/mol. The highest BCUT2D eigenvalue weighted by molar-refractivity contribution is 6.25. The smallest absolute Gasteiger partial charge is 0.339 e. The van der Waals surface area contributed by atoms with Crippen LogP contribution in [0.25, 0.3) is 0 Å². The lowest BCUT2D eigenvalue weighted by molar-refractivity contribution is 0.0598. The van der Waals surface area contributed by atoms with E-state index in [1.54, 1.807) is 13.8 Å². The molecule has 0 saturated heterocycles. The minimum Gasteiger partial charge on any atom is -0.507 e. The fourth-order valence-corrected chi connectivity index (χ4v) is 3.20. The molecule has 1 aromatic heterocycles. The van der Waals surface area contributed by atoms with Crippen molar-refractivity contribution >= 4 is 17.5 Å². The minimum atomic E-state index is -0.504. The normalized spacial score (nSPS) is 13.5. The van der Waals surface area contributed by atoms with E-state index in [0.29, 0.717) is 16.8 Å². The number of phenolic OH excluding ortho intramolecular Hbond substituents is 1. The van der Waals surface area contributed by atoms with Crippen LogP contribution >= 0.6 is 0 Å². The zero-order valence-corrected chi connectivity index (χ0v) is 14.1. The summed E-state index contributed by atoms with van der Waals surface area (Å²) in [5.74, 6) is -1.49. The number of H-pyrrole nitrogens is 1. The van der Waals surface area contributed by atoms with Gasteiger partial charge < -0.3 is 14.8 Å². The molecule has 0 atom stereocenters. The number of phenols is 1. The molecule has 1 aliphatic carbocycles. The first kappa shape index (κ1) is 16.7. The van der Waals surface area contributed by atoms with Gasteiger partial charge in [0, 0.05) is 28.9 Å². The summed E-state index contributed by atoms with van der Waals surface area (Å²) in [7, 11) is 1.29. The van der Waals surface area contributed by atoms with Gasteiger partial charge in [-0.1, -0.05) is 12.1 Å². The lowest BCUT2D eigenvalue weighted by atomic mass is 9.85. The summed E-state index contributed by atoms with van der Waals surface area (Å²) < 4.78 is 4.81. The van der Waals surface area contributed by atoms with Crippen LogP contribution in [0.1, 0.15) is 48.0 Å². The number of aromatic amines is 1. The van der Waals surface area contributed by atoms with Gasteiger partial charge in [0.2, 0.25) is 0 Å². The van der Waals surface area contributed by atoms with Crippen LogP contribution in [0.15, 0.2) is 29.8 Å². The van der Waals surface area contributed by atoms with Crippen molar-refractivity contribution in [2.24, 2.45) is 0 Å². The molecule has 0 unspecified atom stereocenters. The van der Waals surface area contributed by atoms with Gasteiger partial charge >= 0.3 is 5.97 Å². The van der Waals surface area contributed by atoms with Crippen LogP contribution in [0.4, 0.5) is 0 Å². The molecular weight excluding hydrogens is 322 g/mol. The third kappa shape index (κ3) is 2.65. The zero-order chi connectivity index (χ0) is 18.3. The minimum absolute atomic E-state index is 0.00882. The lowest BCUT2D eigenvalue weighted by Gasteiger charge is -2.16. The number of hydrogen-bond donors (Lipinski definition) is 2. The van der Waals surface area contributed by atoms with Crippen LogP contribution in [-0.4, -0.2) is 34.7 Å². The van der Waals surface area contributed by atoms with Gasteiger partial charge in [0.15, 0.2) is 11.6 Å². The van der Waals surface area contributed by atoms with Crippen molar-refractivity contribution in [1.82, 2.24) is 4.98 Å². The van der Waals surface area contributed by atoms with E-state index in [1.165, 1.54) is 31.4 Å². The number of aromatic nitrogens is 1. The first-order valence-corrected chi connectivity index (χ1v) is 7.73. The molecule has 6 heteroatoms. The average molecular weight is 339 g/mol. The molecule has 3 rings (SSSR count). The van der Waals surface area contributed by atoms with Crippen molar-refractivity contribution in [3.05, 3.63) is 63.5 Å². The zero-order valence-electron chi connectivity index (χ0n) is 14.1. The number of nitrogens with one attached hydrogen (secondary N) is 1. The molecule has 128 valence electrons. The Bertz CT molecular complexity index is 949. The third-order valence-corrected chi connectivity index (χ3v) is 4.39. The van der Waals surface area contributed by atoms with Gasteiger partial charge in [0.1, 0.15) is 5.75 Å². The molecule has 1 aromatic carbocycles. The van der Waals surface area contributed by atoms with Crippen molar-refractivity contribution in [1.29, 1.82) is 0 Å². The summed E-state index contributed by atoms with van der Waals surface area (Å²) in [6.45, 7) is 3.53. The van der Waals surface area contributed by atoms with Crippen LogP contribution in [-0.2, 0) is 11.2 Å². The number of rotatable bonds is 3. The summed E-state index contributed by atoms with van der Waals surface area (Å²) in [6.07, 6.45) is 1.37. The summed E-state index contributed by atoms with van der Waals surface area (Å²) in [5, 5.41) is 9.99. The number of allylic oxidation sites excluding steroid dienone is 2. The van der Waals surface area contributed by atoms with Gasteiger partial charge in [-0.3, -0.25) is 9.59 Å². The SMILES string of the molecule is COC(=O)c1c(C)[nH]c(C)c1CC1=CC(=O)c2cccc(O)c2C1=O. The molecule has 6 nitrogen and oxygen atoms in total. The number of esters is 1. The van der Waals surface area contributed by atoms with E-state index in [9.17, 15) is 19.5 Å². The molecule has 0 bridgehead atoms. The molecule has 2 aromatic rings. The molecule has 0 aliphatic heterocycles. The molecule has 1 aliphatic rings. The van der Waals surface area contributed by atoms with Crippen molar-refractivity contribution < 1.29 is 24.2 Å².